The maximum Gasteiger partial charge on any atom is 0.256 e. The predicted molar refractivity (Wildman–Crippen MR) is 146 cm³/mol. The molecule has 2 aromatic rings. The van der Waals surface area contributed by atoms with Crippen LogP contribution in [0.25, 0.3) is 11.4 Å². The van der Waals surface area contributed by atoms with E-state index in [4.69, 9.17) is 16.6 Å². The molecule has 200 valence electrons. The van der Waals surface area contributed by atoms with Crippen LogP contribution in [-0.4, -0.2) is 39.3 Å². The fraction of sp³-hybridized carbons (Fsp3) is 0.586. The van der Waals surface area contributed by atoms with Gasteiger partial charge in [0.2, 0.25) is 11.8 Å². The van der Waals surface area contributed by atoms with Crippen molar-refractivity contribution in [2.24, 2.45) is 11.3 Å². The van der Waals surface area contributed by atoms with E-state index in [2.05, 4.69) is 17.2 Å². The summed E-state index contributed by atoms with van der Waals surface area (Å²) in [6.07, 6.45) is 5.78. The smallest absolute Gasteiger partial charge is 0.256 e. The molecule has 3 atom stereocenters. The highest BCUT2D eigenvalue weighted by atomic mass is 35.5. The van der Waals surface area contributed by atoms with E-state index in [0.29, 0.717) is 29.4 Å². The number of fused-ring (bicyclic) bond motifs is 1. The fourth-order valence-corrected chi connectivity index (χ4v) is 5.73. The summed E-state index contributed by atoms with van der Waals surface area (Å²) in [4.78, 5) is 49.3. The van der Waals surface area contributed by atoms with E-state index in [1.807, 2.05) is 37.8 Å². The van der Waals surface area contributed by atoms with Crippen molar-refractivity contribution in [1.29, 1.82) is 0 Å². The lowest BCUT2D eigenvalue weighted by Crippen LogP contribution is -2.49. The lowest BCUT2D eigenvalue weighted by molar-refractivity contribution is -0.137. The summed E-state index contributed by atoms with van der Waals surface area (Å²) in [5.41, 5.74) is 1.87. The van der Waals surface area contributed by atoms with Gasteiger partial charge in [0.05, 0.1) is 23.7 Å². The molecule has 1 aromatic heterocycles. The van der Waals surface area contributed by atoms with Gasteiger partial charge in [-0.3, -0.25) is 14.4 Å². The number of aromatic amines is 1. The van der Waals surface area contributed by atoms with Crippen LogP contribution in [0.5, 0.6) is 0 Å². The molecule has 1 aromatic carbocycles. The van der Waals surface area contributed by atoms with Gasteiger partial charge in [0, 0.05) is 35.5 Å². The Labute approximate surface area is 224 Å². The lowest BCUT2D eigenvalue weighted by atomic mass is 9.89. The van der Waals surface area contributed by atoms with Gasteiger partial charge in [-0.1, -0.05) is 58.6 Å². The molecule has 0 radical (unpaired) electrons. The number of halogens is 1. The van der Waals surface area contributed by atoms with Crippen molar-refractivity contribution in [2.45, 2.75) is 91.1 Å². The van der Waals surface area contributed by atoms with E-state index in [-0.39, 0.29) is 47.2 Å². The highest BCUT2D eigenvalue weighted by Crippen LogP contribution is 2.34. The minimum Gasteiger partial charge on any atom is -0.353 e. The molecule has 2 aliphatic rings. The fourth-order valence-electron chi connectivity index (χ4n) is 5.61. The summed E-state index contributed by atoms with van der Waals surface area (Å²) < 4.78 is 0. The normalized spacial score (nSPS) is 21.5. The topological polar surface area (TPSA) is 95.2 Å². The molecule has 1 aliphatic carbocycles. The molecule has 8 heteroatoms. The van der Waals surface area contributed by atoms with Crippen LogP contribution < -0.4 is 10.9 Å². The Balaban J connectivity index is 1.57. The van der Waals surface area contributed by atoms with E-state index in [0.717, 1.165) is 49.8 Å². The zero-order valence-electron chi connectivity index (χ0n) is 22.4. The van der Waals surface area contributed by atoms with Crippen molar-refractivity contribution in [3.63, 3.8) is 0 Å². The van der Waals surface area contributed by atoms with Gasteiger partial charge in [-0.15, -0.1) is 0 Å². The van der Waals surface area contributed by atoms with Gasteiger partial charge in [-0.2, -0.15) is 0 Å². The Hall–Kier alpha value is -2.67. The maximum absolute atomic E-state index is 13.8. The van der Waals surface area contributed by atoms with Gasteiger partial charge >= 0.3 is 0 Å². The standard InChI is InChI=1S/C29H39ClN4O3/c1-5-6-8-19-16-34(28(37)21-9-7-10-23(21)31-24(35)15-29(2,3)4)17-22-25(19)32-26(33-27(22)36)18-11-13-20(30)14-12-18/h11-14,19,21,23H,5-10,15-17H2,1-4H3,(H,31,35)(H,32,33,36)/t19?,21-,23+/m1/s1. The molecule has 0 saturated heterocycles. The van der Waals surface area contributed by atoms with E-state index in [9.17, 15) is 14.4 Å². The van der Waals surface area contributed by atoms with Crippen molar-refractivity contribution in [3.8, 4) is 11.4 Å². The molecule has 2 heterocycles. The van der Waals surface area contributed by atoms with Crippen LogP contribution in [0.1, 0.15) is 89.8 Å². The number of amides is 2. The van der Waals surface area contributed by atoms with Crippen LogP contribution >= 0.6 is 11.6 Å². The van der Waals surface area contributed by atoms with Gasteiger partial charge in [0.25, 0.3) is 5.56 Å². The molecule has 0 spiro atoms. The average molecular weight is 527 g/mol. The number of carbonyl (C=O) groups excluding carboxylic acids is 2. The molecule has 2 amide bonds. The van der Waals surface area contributed by atoms with Crippen molar-refractivity contribution in [3.05, 3.63) is 50.9 Å². The monoisotopic (exact) mass is 526 g/mol. The van der Waals surface area contributed by atoms with Crippen molar-refractivity contribution in [1.82, 2.24) is 20.2 Å². The number of benzene rings is 1. The predicted octanol–water partition coefficient (Wildman–Crippen LogP) is 5.43. The number of aromatic nitrogens is 2. The van der Waals surface area contributed by atoms with E-state index in [1.165, 1.54) is 0 Å². The van der Waals surface area contributed by atoms with E-state index in [1.54, 1.807) is 12.1 Å². The third-order valence-electron chi connectivity index (χ3n) is 7.43. The molecule has 37 heavy (non-hydrogen) atoms. The largest absolute Gasteiger partial charge is 0.353 e. The van der Waals surface area contributed by atoms with E-state index < -0.39 is 0 Å². The van der Waals surface area contributed by atoms with Gasteiger partial charge in [0.15, 0.2) is 0 Å². The lowest BCUT2D eigenvalue weighted by Gasteiger charge is -2.36. The van der Waals surface area contributed by atoms with Crippen molar-refractivity contribution >= 4 is 23.4 Å². The van der Waals surface area contributed by atoms with Crippen molar-refractivity contribution < 1.29 is 9.59 Å². The van der Waals surface area contributed by atoms with Crippen molar-refractivity contribution in [2.75, 3.05) is 6.54 Å². The van der Waals surface area contributed by atoms with Gasteiger partial charge < -0.3 is 15.2 Å². The number of hydrogen-bond acceptors (Lipinski definition) is 4. The molecule has 1 fully saturated rings. The molecule has 4 rings (SSSR count). The Kier molecular flexibility index (Phi) is 8.42. The highest BCUT2D eigenvalue weighted by Gasteiger charge is 2.40. The maximum atomic E-state index is 13.8. The number of rotatable bonds is 7. The number of H-pyrrole nitrogens is 1. The molecule has 0 bridgehead atoms. The summed E-state index contributed by atoms with van der Waals surface area (Å²) in [6, 6.07) is 7.11. The van der Waals surface area contributed by atoms with Crippen LogP contribution in [0.4, 0.5) is 0 Å². The second-order valence-electron chi connectivity index (χ2n) is 11.8. The number of hydrogen-bond donors (Lipinski definition) is 2. The molecule has 1 saturated carbocycles. The van der Waals surface area contributed by atoms with Gasteiger partial charge in [-0.25, -0.2) is 4.98 Å². The number of nitrogens with zero attached hydrogens (tertiary/aromatic N) is 2. The first kappa shape index (κ1) is 27.4. The second kappa shape index (κ2) is 11.4. The minimum absolute atomic E-state index is 0.00242. The molecular weight excluding hydrogens is 488 g/mol. The third-order valence-corrected chi connectivity index (χ3v) is 7.68. The first-order valence-electron chi connectivity index (χ1n) is 13.5. The summed E-state index contributed by atoms with van der Waals surface area (Å²) in [6.45, 7) is 9.04. The zero-order valence-corrected chi connectivity index (χ0v) is 23.2. The molecule has 2 N–H and O–H groups in total. The van der Waals surface area contributed by atoms with Gasteiger partial charge in [-0.05, 0) is 48.9 Å². The SMILES string of the molecule is CCCCC1CN(C(=O)[C@@H]2CCC[C@@H]2NC(=O)CC(C)(C)C)Cc2c1nc(-c1ccc(Cl)cc1)[nH]c2=O. The van der Waals surface area contributed by atoms with Crippen LogP contribution in [0, 0.1) is 11.3 Å². The Morgan fingerprint density at radius 2 is 1.92 bits per heavy atom. The third kappa shape index (κ3) is 6.61. The number of nitrogens with one attached hydrogen (secondary N) is 2. The minimum atomic E-state index is -0.252. The Bertz CT molecular complexity index is 1190. The summed E-state index contributed by atoms with van der Waals surface area (Å²) in [5, 5.41) is 3.76. The first-order valence-corrected chi connectivity index (χ1v) is 13.9. The van der Waals surface area contributed by atoms with Crippen LogP contribution in [0.3, 0.4) is 0 Å². The average Bonchev–Trinajstić information content (AvgIpc) is 3.29. The first-order chi connectivity index (χ1) is 17.6. The summed E-state index contributed by atoms with van der Waals surface area (Å²) in [7, 11) is 0. The summed E-state index contributed by atoms with van der Waals surface area (Å²) in [5.74, 6) is 0.303. The number of unbranched alkanes of at least 4 members (excludes halogenated alkanes) is 1. The zero-order chi connectivity index (χ0) is 26.7. The van der Waals surface area contributed by atoms with Crippen LogP contribution in [-0.2, 0) is 16.1 Å². The Morgan fingerprint density at radius 1 is 1.19 bits per heavy atom. The molecule has 1 unspecified atom stereocenters. The second-order valence-corrected chi connectivity index (χ2v) is 12.2. The van der Waals surface area contributed by atoms with Gasteiger partial charge in [0.1, 0.15) is 5.82 Å². The quantitative estimate of drug-likeness (QED) is 0.503. The van der Waals surface area contributed by atoms with Crippen LogP contribution in [0.2, 0.25) is 5.02 Å². The molecule has 1 aliphatic heterocycles. The number of carbonyl (C=O) groups is 2. The van der Waals surface area contributed by atoms with E-state index >= 15 is 0 Å². The van der Waals surface area contributed by atoms with Crippen LogP contribution in [0.15, 0.2) is 29.1 Å². The summed E-state index contributed by atoms with van der Waals surface area (Å²) >= 11 is 6.04. The Morgan fingerprint density at radius 3 is 2.59 bits per heavy atom. The molecule has 7 nitrogen and oxygen atoms in total. The highest BCUT2D eigenvalue weighted by molar-refractivity contribution is 6.30. The molecular formula is C29H39ClN4O3.